The van der Waals surface area contributed by atoms with Crippen molar-refractivity contribution in [2.24, 2.45) is 5.92 Å². The number of alkyl halides is 3. The molecule has 142 valence electrons. The van der Waals surface area contributed by atoms with Crippen LogP contribution in [-0.2, 0) is 20.4 Å². The van der Waals surface area contributed by atoms with Crippen LogP contribution in [0, 0.1) is 5.92 Å². The Bertz CT molecular complexity index is 687. The van der Waals surface area contributed by atoms with Gasteiger partial charge in [-0.05, 0) is 36.6 Å². The fourth-order valence-corrected chi connectivity index (χ4v) is 3.44. The van der Waals surface area contributed by atoms with Gasteiger partial charge in [0.05, 0.1) is 23.8 Å². The molecule has 0 bridgehead atoms. The standard InChI is InChI=1S/C18H19ClF3NO3/c19-15-5-3-12(10-14(15)18(20,21)22)4-6-16(24)23-7-1-2-13(11-23)17-25-8-9-26-17/h3-6,10,13,17H,1-2,7-9,11H2/b6-4+. The predicted octanol–water partition coefficient (Wildman–Crippen LogP) is 3.98. The van der Waals surface area contributed by atoms with Crippen LogP contribution < -0.4 is 0 Å². The van der Waals surface area contributed by atoms with E-state index in [-0.39, 0.29) is 28.7 Å². The number of nitrogens with zero attached hydrogens (tertiary/aromatic N) is 1. The highest BCUT2D eigenvalue weighted by molar-refractivity contribution is 6.31. The molecule has 1 aromatic carbocycles. The first-order valence-electron chi connectivity index (χ1n) is 8.41. The number of carbonyl (C=O) groups excluding carboxylic acids is 1. The maximum atomic E-state index is 12.9. The van der Waals surface area contributed by atoms with E-state index in [1.54, 1.807) is 4.90 Å². The monoisotopic (exact) mass is 389 g/mol. The van der Waals surface area contributed by atoms with Gasteiger partial charge in [0.2, 0.25) is 5.91 Å². The number of rotatable bonds is 3. The fourth-order valence-electron chi connectivity index (χ4n) is 3.22. The van der Waals surface area contributed by atoms with Gasteiger partial charge in [0.25, 0.3) is 0 Å². The third kappa shape index (κ3) is 4.58. The van der Waals surface area contributed by atoms with Crippen molar-refractivity contribution in [2.45, 2.75) is 25.3 Å². The summed E-state index contributed by atoms with van der Waals surface area (Å²) in [5, 5.41) is -0.364. The van der Waals surface area contributed by atoms with Crippen molar-refractivity contribution in [3.05, 3.63) is 40.4 Å². The molecular formula is C18H19ClF3NO3. The summed E-state index contributed by atoms with van der Waals surface area (Å²) in [6, 6.07) is 3.56. The summed E-state index contributed by atoms with van der Waals surface area (Å²) in [5.41, 5.74) is -0.645. The third-order valence-electron chi connectivity index (χ3n) is 4.52. The first-order chi connectivity index (χ1) is 12.3. The largest absolute Gasteiger partial charge is 0.417 e. The first-order valence-corrected chi connectivity index (χ1v) is 8.79. The number of ether oxygens (including phenoxy) is 2. The predicted molar refractivity (Wildman–Crippen MR) is 90.5 cm³/mol. The number of carbonyl (C=O) groups is 1. The lowest BCUT2D eigenvalue weighted by Crippen LogP contribution is -2.43. The number of benzene rings is 1. The molecule has 0 N–H and O–H groups in total. The molecule has 4 nitrogen and oxygen atoms in total. The molecule has 0 aromatic heterocycles. The number of hydrogen-bond donors (Lipinski definition) is 0. The molecule has 1 aromatic rings. The molecule has 26 heavy (non-hydrogen) atoms. The van der Waals surface area contributed by atoms with Gasteiger partial charge in [-0.25, -0.2) is 0 Å². The van der Waals surface area contributed by atoms with E-state index in [2.05, 4.69) is 0 Å². The van der Waals surface area contributed by atoms with Crippen LogP contribution in [0.5, 0.6) is 0 Å². The van der Waals surface area contributed by atoms with Crippen LogP contribution in [0.25, 0.3) is 6.08 Å². The van der Waals surface area contributed by atoms with E-state index in [1.807, 2.05) is 0 Å². The summed E-state index contributed by atoms with van der Waals surface area (Å²) in [5.74, 6) is -0.118. The molecular weight excluding hydrogens is 371 g/mol. The smallest absolute Gasteiger partial charge is 0.350 e. The fraction of sp³-hybridized carbons (Fsp3) is 0.500. The van der Waals surface area contributed by atoms with Crippen molar-refractivity contribution in [1.29, 1.82) is 0 Å². The molecule has 1 amide bonds. The van der Waals surface area contributed by atoms with E-state index in [1.165, 1.54) is 24.3 Å². The van der Waals surface area contributed by atoms with Crippen molar-refractivity contribution in [2.75, 3.05) is 26.3 Å². The molecule has 2 heterocycles. The minimum Gasteiger partial charge on any atom is -0.350 e. The van der Waals surface area contributed by atoms with Gasteiger partial charge in [0.15, 0.2) is 6.29 Å². The molecule has 3 rings (SSSR count). The number of hydrogen-bond acceptors (Lipinski definition) is 3. The van der Waals surface area contributed by atoms with Crippen molar-refractivity contribution in [1.82, 2.24) is 4.90 Å². The Morgan fingerprint density at radius 1 is 1.27 bits per heavy atom. The average Bonchev–Trinajstić information content (AvgIpc) is 3.14. The zero-order valence-electron chi connectivity index (χ0n) is 14.0. The van der Waals surface area contributed by atoms with Gasteiger partial charge < -0.3 is 14.4 Å². The highest BCUT2D eigenvalue weighted by Crippen LogP contribution is 2.35. The summed E-state index contributed by atoms with van der Waals surface area (Å²) in [6.45, 7) is 2.25. The molecule has 8 heteroatoms. The second-order valence-corrected chi connectivity index (χ2v) is 6.77. The molecule has 2 aliphatic rings. The van der Waals surface area contributed by atoms with Crippen LogP contribution in [-0.4, -0.2) is 43.4 Å². The Hall–Kier alpha value is -1.57. The minimum absolute atomic E-state index is 0.121. The van der Waals surface area contributed by atoms with Crippen LogP contribution in [0.2, 0.25) is 5.02 Å². The third-order valence-corrected chi connectivity index (χ3v) is 4.85. The highest BCUT2D eigenvalue weighted by Gasteiger charge is 2.34. The Labute approximate surface area is 154 Å². The Balaban J connectivity index is 1.65. The van der Waals surface area contributed by atoms with Crippen molar-refractivity contribution in [3.63, 3.8) is 0 Å². The topological polar surface area (TPSA) is 38.8 Å². The molecule has 0 spiro atoms. The molecule has 1 unspecified atom stereocenters. The average molecular weight is 390 g/mol. The normalized spacial score (nSPS) is 22.3. The van der Waals surface area contributed by atoms with Gasteiger partial charge in [0, 0.05) is 25.1 Å². The molecule has 0 saturated carbocycles. The van der Waals surface area contributed by atoms with Crippen LogP contribution in [0.15, 0.2) is 24.3 Å². The van der Waals surface area contributed by atoms with E-state index in [4.69, 9.17) is 21.1 Å². The zero-order chi connectivity index (χ0) is 18.7. The van der Waals surface area contributed by atoms with E-state index in [0.717, 1.165) is 18.9 Å². The first kappa shape index (κ1) is 19.2. The number of halogens is 4. The van der Waals surface area contributed by atoms with Crippen LogP contribution in [0.4, 0.5) is 13.2 Å². The molecule has 2 saturated heterocycles. The van der Waals surface area contributed by atoms with Gasteiger partial charge >= 0.3 is 6.18 Å². The zero-order valence-corrected chi connectivity index (χ0v) is 14.7. The summed E-state index contributed by atoms with van der Waals surface area (Å²) in [7, 11) is 0. The van der Waals surface area contributed by atoms with Gasteiger partial charge in [-0.2, -0.15) is 13.2 Å². The Morgan fingerprint density at radius 3 is 2.69 bits per heavy atom. The lowest BCUT2D eigenvalue weighted by atomic mass is 9.97. The van der Waals surface area contributed by atoms with Crippen LogP contribution in [0.1, 0.15) is 24.0 Å². The summed E-state index contributed by atoms with van der Waals surface area (Å²) in [4.78, 5) is 14.1. The molecule has 2 fully saturated rings. The minimum atomic E-state index is -4.54. The van der Waals surface area contributed by atoms with Gasteiger partial charge in [-0.3, -0.25) is 4.79 Å². The molecule has 0 aliphatic carbocycles. The Morgan fingerprint density at radius 2 is 2.00 bits per heavy atom. The van der Waals surface area contributed by atoms with E-state index < -0.39 is 11.7 Å². The summed E-state index contributed by atoms with van der Waals surface area (Å²) >= 11 is 5.60. The maximum absolute atomic E-state index is 12.9. The lowest BCUT2D eigenvalue weighted by molar-refractivity contribution is -0.137. The number of piperidine rings is 1. The quantitative estimate of drug-likeness (QED) is 0.734. The van der Waals surface area contributed by atoms with Crippen molar-refractivity contribution >= 4 is 23.6 Å². The summed E-state index contributed by atoms with van der Waals surface area (Å²) < 4.78 is 49.7. The van der Waals surface area contributed by atoms with Crippen LogP contribution >= 0.6 is 11.6 Å². The van der Waals surface area contributed by atoms with Gasteiger partial charge in [-0.1, -0.05) is 17.7 Å². The SMILES string of the molecule is O=C(/C=C/c1ccc(Cl)c(C(F)(F)F)c1)N1CCCC(C2OCCO2)C1. The van der Waals surface area contributed by atoms with Crippen molar-refractivity contribution in [3.8, 4) is 0 Å². The number of likely N-dealkylation sites (tertiary alicyclic amines) is 1. The molecule has 2 aliphatic heterocycles. The second-order valence-electron chi connectivity index (χ2n) is 6.37. The summed E-state index contributed by atoms with van der Waals surface area (Å²) in [6.07, 6.45) is -0.383. The van der Waals surface area contributed by atoms with Gasteiger partial charge in [0.1, 0.15) is 0 Å². The maximum Gasteiger partial charge on any atom is 0.417 e. The van der Waals surface area contributed by atoms with Gasteiger partial charge in [-0.15, -0.1) is 0 Å². The highest BCUT2D eigenvalue weighted by atomic mass is 35.5. The van der Waals surface area contributed by atoms with E-state index in [0.29, 0.717) is 26.3 Å². The van der Waals surface area contributed by atoms with E-state index in [9.17, 15) is 18.0 Å². The lowest BCUT2D eigenvalue weighted by Gasteiger charge is -2.34. The second kappa shape index (κ2) is 7.98. The number of amides is 1. The van der Waals surface area contributed by atoms with E-state index >= 15 is 0 Å². The van der Waals surface area contributed by atoms with Crippen LogP contribution in [0.3, 0.4) is 0 Å². The Kier molecular flexibility index (Phi) is 5.89. The molecule has 1 atom stereocenters. The van der Waals surface area contributed by atoms with Crippen molar-refractivity contribution < 1.29 is 27.4 Å². The molecule has 0 radical (unpaired) electrons.